The summed E-state index contributed by atoms with van der Waals surface area (Å²) in [5.74, 6) is 0. The van der Waals surface area contributed by atoms with Crippen molar-refractivity contribution in [1.82, 2.24) is 10.2 Å². The fourth-order valence-electron chi connectivity index (χ4n) is 2.54. The first-order valence-electron chi connectivity index (χ1n) is 6.50. The number of hydrogen-bond acceptors (Lipinski definition) is 4. The molecular weight excluding hydrogens is 312 g/mol. The maximum atomic E-state index is 5.96. The second kappa shape index (κ2) is 7.01. The van der Waals surface area contributed by atoms with Gasteiger partial charge in [0.05, 0.1) is 18.8 Å². The number of nitrogens with zero attached hydrogens (tertiary/aromatic N) is 1. The number of morpholine rings is 1. The van der Waals surface area contributed by atoms with Crippen LogP contribution in [0.4, 0.5) is 0 Å². The van der Waals surface area contributed by atoms with E-state index in [2.05, 4.69) is 44.5 Å². The van der Waals surface area contributed by atoms with Gasteiger partial charge in [0, 0.05) is 27.8 Å². The largest absolute Gasteiger partial charge is 0.374 e. The number of ether oxygens (including phenoxy) is 1. The normalized spacial score (nSPS) is 25.5. The van der Waals surface area contributed by atoms with Crippen LogP contribution in [0.15, 0.2) is 15.9 Å². The fourth-order valence-corrected chi connectivity index (χ4v) is 4.17. The topological polar surface area (TPSA) is 24.5 Å². The third-order valence-electron chi connectivity index (χ3n) is 3.25. The van der Waals surface area contributed by atoms with Crippen LogP contribution in [0.5, 0.6) is 0 Å². The summed E-state index contributed by atoms with van der Waals surface area (Å²) in [5.41, 5.74) is 0. The molecule has 3 nitrogen and oxygen atoms in total. The van der Waals surface area contributed by atoms with Crippen molar-refractivity contribution in [3.8, 4) is 0 Å². The molecule has 0 spiro atoms. The molecule has 0 aromatic carbocycles. The van der Waals surface area contributed by atoms with E-state index in [-0.39, 0.29) is 6.10 Å². The molecule has 102 valence electrons. The molecule has 1 aliphatic rings. The van der Waals surface area contributed by atoms with Gasteiger partial charge in [0.2, 0.25) is 0 Å². The Morgan fingerprint density at radius 3 is 3.06 bits per heavy atom. The van der Waals surface area contributed by atoms with Crippen LogP contribution in [-0.4, -0.2) is 44.3 Å². The zero-order chi connectivity index (χ0) is 13.0. The summed E-state index contributed by atoms with van der Waals surface area (Å²) in [6.07, 6.45) is 1.44. The Morgan fingerprint density at radius 1 is 1.61 bits per heavy atom. The monoisotopic (exact) mass is 332 g/mol. The standard InChI is InChI=1S/C13H21BrN2OS/c1-3-4-16-5-6-17-11(8-15-2)13(16)12-7-10(14)9-18-12/h7,9,11,13,15H,3-6,8H2,1-2H3. The molecule has 2 rings (SSSR count). The molecular formula is C13H21BrN2OS. The molecule has 1 fully saturated rings. The van der Waals surface area contributed by atoms with E-state index >= 15 is 0 Å². The van der Waals surface area contributed by atoms with Crippen LogP contribution in [-0.2, 0) is 4.74 Å². The van der Waals surface area contributed by atoms with Crippen LogP contribution in [0, 0.1) is 0 Å². The summed E-state index contributed by atoms with van der Waals surface area (Å²) < 4.78 is 7.13. The van der Waals surface area contributed by atoms with Gasteiger partial charge in [-0.05, 0) is 42.0 Å². The van der Waals surface area contributed by atoms with E-state index in [0.29, 0.717) is 6.04 Å². The summed E-state index contributed by atoms with van der Waals surface area (Å²) >= 11 is 5.37. The lowest BCUT2D eigenvalue weighted by Crippen LogP contribution is -2.48. The first-order chi connectivity index (χ1) is 8.76. The molecule has 1 aromatic heterocycles. The van der Waals surface area contributed by atoms with Crippen molar-refractivity contribution in [1.29, 1.82) is 0 Å². The third kappa shape index (κ3) is 3.33. The molecule has 2 unspecified atom stereocenters. The summed E-state index contributed by atoms with van der Waals surface area (Å²) in [6, 6.07) is 2.62. The minimum Gasteiger partial charge on any atom is -0.374 e. The lowest BCUT2D eigenvalue weighted by molar-refractivity contribution is -0.0692. The molecule has 0 radical (unpaired) electrons. The van der Waals surface area contributed by atoms with Crippen LogP contribution >= 0.6 is 27.3 Å². The number of thiophene rings is 1. The van der Waals surface area contributed by atoms with Gasteiger partial charge in [0.25, 0.3) is 0 Å². The van der Waals surface area contributed by atoms with E-state index in [1.165, 1.54) is 15.8 Å². The lowest BCUT2D eigenvalue weighted by atomic mass is 10.0. The second-order valence-corrected chi connectivity index (χ2v) is 6.47. The number of nitrogens with one attached hydrogen (secondary N) is 1. The van der Waals surface area contributed by atoms with E-state index in [9.17, 15) is 0 Å². The van der Waals surface area contributed by atoms with Crippen molar-refractivity contribution in [3.05, 3.63) is 20.8 Å². The first-order valence-corrected chi connectivity index (χ1v) is 8.17. The highest BCUT2D eigenvalue weighted by Gasteiger charge is 2.33. The number of hydrogen-bond donors (Lipinski definition) is 1. The van der Waals surface area contributed by atoms with Crippen molar-refractivity contribution >= 4 is 27.3 Å². The van der Waals surface area contributed by atoms with Crippen molar-refractivity contribution in [3.63, 3.8) is 0 Å². The number of halogens is 1. The van der Waals surface area contributed by atoms with Gasteiger partial charge in [-0.15, -0.1) is 11.3 Å². The van der Waals surface area contributed by atoms with Crippen LogP contribution in [0.2, 0.25) is 0 Å². The van der Waals surface area contributed by atoms with E-state index in [1.807, 2.05) is 18.4 Å². The van der Waals surface area contributed by atoms with Gasteiger partial charge in [-0.25, -0.2) is 0 Å². The lowest BCUT2D eigenvalue weighted by Gasteiger charge is -2.40. The Bertz CT molecular complexity index is 354. The number of rotatable bonds is 5. The molecule has 0 aliphatic carbocycles. The Kier molecular flexibility index (Phi) is 5.63. The van der Waals surface area contributed by atoms with Crippen molar-refractivity contribution in [2.45, 2.75) is 25.5 Å². The molecule has 1 aromatic rings. The van der Waals surface area contributed by atoms with Gasteiger partial charge in [0.1, 0.15) is 0 Å². The summed E-state index contributed by atoms with van der Waals surface area (Å²) in [7, 11) is 1.99. The fraction of sp³-hybridized carbons (Fsp3) is 0.692. The highest BCUT2D eigenvalue weighted by Crippen LogP contribution is 2.34. The van der Waals surface area contributed by atoms with E-state index in [0.717, 1.165) is 26.2 Å². The van der Waals surface area contributed by atoms with Gasteiger partial charge < -0.3 is 10.1 Å². The smallest absolute Gasteiger partial charge is 0.0904 e. The molecule has 1 N–H and O–H groups in total. The van der Waals surface area contributed by atoms with Crippen LogP contribution in [0.3, 0.4) is 0 Å². The zero-order valence-corrected chi connectivity index (χ0v) is 13.4. The number of likely N-dealkylation sites (N-methyl/N-ethyl adjacent to an activating group) is 1. The van der Waals surface area contributed by atoms with Gasteiger partial charge in [0.15, 0.2) is 0 Å². The van der Waals surface area contributed by atoms with Gasteiger partial charge in [-0.3, -0.25) is 4.90 Å². The molecule has 0 amide bonds. The molecule has 2 heterocycles. The predicted molar refractivity (Wildman–Crippen MR) is 80.3 cm³/mol. The summed E-state index contributed by atoms with van der Waals surface area (Å²) in [4.78, 5) is 3.96. The van der Waals surface area contributed by atoms with Crippen molar-refractivity contribution in [2.24, 2.45) is 0 Å². The Labute approximate surface area is 122 Å². The average molecular weight is 333 g/mol. The maximum absolute atomic E-state index is 5.96. The molecule has 0 saturated carbocycles. The quantitative estimate of drug-likeness (QED) is 0.897. The van der Waals surface area contributed by atoms with E-state index in [1.54, 1.807) is 0 Å². The SMILES string of the molecule is CCCN1CCOC(CNC)C1c1cc(Br)cs1. The van der Waals surface area contributed by atoms with Crippen LogP contribution < -0.4 is 5.32 Å². The Hall–Kier alpha value is 0.0600. The maximum Gasteiger partial charge on any atom is 0.0904 e. The Balaban J connectivity index is 2.20. The van der Waals surface area contributed by atoms with Gasteiger partial charge >= 0.3 is 0 Å². The third-order valence-corrected chi connectivity index (χ3v) is 5.02. The van der Waals surface area contributed by atoms with Crippen LogP contribution in [0.1, 0.15) is 24.3 Å². The molecule has 1 saturated heterocycles. The first kappa shape index (κ1) is 14.5. The molecule has 18 heavy (non-hydrogen) atoms. The predicted octanol–water partition coefficient (Wildman–Crippen LogP) is 2.88. The van der Waals surface area contributed by atoms with Crippen molar-refractivity contribution < 1.29 is 4.74 Å². The minimum absolute atomic E-state index is 0.251. The zero-order valence-electron chi connectivity index (χ0n) is 11.0. The van der Waals surface area contributed by atoms with Gasteiger partial charge in [-0.2, -0.15) is 0 Å². The van der Waals surface area contributed by atoms with Gasteiger partial charge in [-0.1, -0.05) is 6.92 Å². The Morgan fingerprint density at radius 2 is 2.44 bits per heavy atom. The van der Waals surface area contributed by atoms with Crippen LogP contribution in [0.25, 0.3) is 0 Å². The highest BCUT2D eigenvalue weighted by molar-refractivity contribution is 9.10. The minimum atomic E-state index is 0.251. The molecule has 5 heteroatoms. The average Bonchev–Trinajstić information content (AvgIpc) is 2.77. The second-order valence-electron chi connectivity index (χ2n) is 4.62. The van der Waals surface area contributed by atoms with E-state index in [4.69, 9.17) is 4.74 Å². The molecule has 1 aliphatic heterocycles. The molecule has 0 bridgehead atoms. The summed E-state index contributed by atoms with van der Waals surface area (Å²) in [5, 5.41) is 5.41. The van der Waals surface area contributed by atoms with E-state index < -0.39 is 0 Å². The summed E-state index contributed by atoms with van der Waals surface area (Å²) in [6.45, 7) is 6.16. The molecule has 2 atom stereocenters. The van der Waals surface area contributed by atoms with Crippen molar-refractivity contribution in [2.75, 3.05) is 33.3 Å². The highest BCUT2D eigenvalue weighted by atomic mass is 79.9.